The fourth-order valence-corrected chi connectivity index (χ4v) is 3.94. The molecule has 3 rings (SSSR count). The SMILES string of the molecule is CC[C@H](C)[C@H](NC(=O)C(c1ccccc1)(c1ccccc1)c1ccccc1)C(N)=O. The third kappa shape index (κ3) is 3.99. The van der Waals surface area contributed by atoms with E-state index in [2.05, 4.69) is 5.32 Å². The molecule has 0 unspecified atom stereocenters. The molecule has 0 fully saturated rings. The molecule has 3 aromatic rings. The fraction of sp³-hybridized carbons (Fsp3) is 0.231. The zero-order valence-corrected chi connectivity index (χ0v) is 17.4. The van der Waals surface area contributed by atoms with Gasteiger partial charge in [0.25, 0.3) is 0 Å². The first kappa shape index (κ1) is 21.3. The van der Waals surface area contributed by atoms with Gasteiger partial charge in [0, 0.05) is 0 Å². The predicted octanol–water partition coefficient (Wildman–Crippen LogP) is 4.04. The van der Waals surface area contributed by atoms with E-state index in [9.17, 15) is 9.59 Å². The quantitative estimate of drug-likeness (QED) is 0.560. The van der Waals surface area contributed by atoms with Crippen LogP contribution in [0.3, 0.4) is 0 Å². The summed E-state index contributed by atoms with van der Waals surface area (Å²) < 4.78 is 0. The average molecular weight is 401 g/mol. The second-order valence-corrected chi connectivity index (χ2v) is 7.59. The highest BCUT2D eigenvalue weighted by Gasteiger charge is 2.45. The Morgan fingerprint density at radius 1 is 0.800 bits per heavy atom. The van der Waals surface area contributed by atoms with Crippen LogP contribution in [0.5, 0.6) is 0 Å². The molecule has 0 aromatic heterocycles. The number of rotatable bonds is 8. The molecule has 4 heteroatoms. The smallest absolute Gasteiger partial charge is 0.240 e. The Labute approximate surface area is 178 Å². The van der Waals surface area contributed by atoms with Gasteiger partial charge >= 0.3 is 0 Å². The Balaban J connectivity index is 2.26. The Hall–Kier alpha value is -3.40. The molecule has 2 amide bonds. The van der Waals surface area contributed by atoms with Gasteiger partial charge in [0.2, 0.25) is 11.8 Å². The van der Waals surface area contributed by atoms with Crippen LogP contribution in [-0.4, -0.2) is 17.9 Å². The van der Waals surface area contributed by atoms with Crippen molar-refractivity contribution in [2.75, 3.05) is 0 Å². The fourth-order valence-electron chi connectivity index (χ4n) is 3.94. The zero-order chi connectivity index (χ0) is 21.6. The van der Waals surface area contributed by atoms with Crippen LogP contribution in [0, 0.1) is 5.92 Å². The van der Waals surface area contributed by atoms with E-state index in [1.54, 1.807) is 0 Å². The summed E-state index contributed by atoms with van der Waals surface area (Å²) in [5.41, 5.74) is 7.03. The number of carbonyl (C=O) groups excluding carboxylic acids is 2. The van der Waals surface area contributed by atoms with E-state index in [-0.39, 0.29) is 11.8 Å². The summed E-state index contributed by atoms with van der Waals surface area (Å²) in [4.78, 5) is 26.3. The molecule has 0 aliphatic rings. The highest BCUT2D eigenvalue weighted by molar-refractivity contribution is 5.98. The van der Waals surface area contributed by atoms with Crippen LogP contribution in [0.4, 0.5) is 0 Å². The molecule has 0 saturated carbocycles. The van der Waals surface area contributed by atoms with Crippen molar-refractivity contribution in [1.82, 2.24) is 5.32 Å². The summed E-state index contributed by atoms with van der Waals surface area (Å²) >= 11 is 0. The first-order chi connectivity index (χ1) is 14.5. The Morgan fingerprint density at radius 2 is 1.17 bits per heavy atom. The van der Waals surface area contributed by atoms with E-state index < -0.39 is 17.4 Å². The van der Waals surface area contributed by atoms with Gasteiger partial charge in [-0.2, -0.15) is 0 Å². The third-order valence-electron chi connectivity index (χ3n) is 5.77. The minimum atomic E-state index is -1.12. The largest absolute Gasteiger partial charge is 0.368 e. The summed E-state index contributed by atoms with van der Waals surface area (Å²) in [7, 11) is 0. The van der Waals surface area contributed by atoms with E-state index in [0.717, 1.165) is 23.1 Å². The van der Waals surface area contributed by atoms with Crippen LogP contribution in [0.25, 0.3) is 0 Å². The predicted molar refractivity (Wildman–Crippen MR) is 120 cm³/mol. The number of hydrogen-bond donors (Lipinski definition) is 2. The van der Waals surface area contributed by atoms with E-state index in [1.165, 1.54) is 0 Å². The molecule has 4 nitrogen and oxygen atoms in total. The highest BCUT2D eigenvalue weighted by Crippen LogP contribution is 2.39. The normalized spacial score (nSPS) is 13.3. The van der Waals surface area contributed by atoms with E-state index in [0.29, 0.717) is 0 Å². The lowest BCUT2D eigenvalue weighted by molar-refractivity contribution is -0.130. The highest BCUT2D eigenvalue weighted by atomic mass is 16.2. The van der Waals surface area contributed by atoms with Gasteiger partial charge in [-0.05, 0) is 22.6 Å². The minimum absolute atomic E-state index is 0.0773. The summed E-state index contributed by atoms with van der Waals surface area (Å²) in [6, 6.07) is 28.2. The summed E-state index contributed by atoms with van der Waals surface area (Å²) in [6.07, 6.45) is 0.725. The molecule has 154 valence electrons. The van der Waals surface area contributed by atoms with Crippen LogP contribution in [0.2, 0.25) is 0 Å². The van der Waals surface area contributed by atoms with Crippen LogP contribution >= 0.6 is 0 Å². The molecule has 3 N–H and O–H groups in total. The van der Waals surface area contributed by atoms with E-state index in [1.807, 2.05) is 105 Å². The Kier molecular flexibility index (Phi) is 6.68. The van der Waals surface area contributed by atoms with Crippen molar-refractivity contribution in [2.24, 2.45) is 11.7 Å². The molecule has 0 aliphatic carbocycles. The number of primary amides is 1. The number of benzene rings is 3. The molecule has 3 aromatic carbocycles. The lowest BCUT2D eigenvalue weighted by atomic mass is 9.68. The van der Waals surface area contributed by atoms with Gasteiger partial charge in [0.1, 0.15) is 11.5 Å². The Morgan fingerprint density at radius 3 is 1.47 bits per heavy atom. The van der Waals surface area contributed by atoms with Gasteiger partial charge in [-0.1, -0.05) is 111 Å². The molecule has 0 radical (unpaired) electrons. The maximum absolute atomic E-state index is 14.1. The standard InChI is InChI=1S/C26H28N2O2/c1-3-19(2)23(24(27)29)28-25(30)26(20-13-7-4-8-14-20,21-15-9-5-10-16-21)22-17-11-6-12-18-22/h4-19,23H,3H2,1-2H3,(H2,27,29)(H,28,30)/t19-,23-/m0/s1. The van der Waals surface area contributed by atoms with Crippen molar-refractivity contribution in [3.63, 3.8) is 0 Å². The second-order valence-electron chi connectivity index (χ2n) is 7.59. The molecule has 30 heavy (non-hydrogen) atoms. The molecular formula is C26H28N2O2. The van der Waals surface area contributed by atoms with Crippen LogP contribution < -0.4 is 11.1 Å². The van der Waals surface area contributed by atoms with Gasteiger partial charge in [0.05, 0.1) is 0 Å². The number of hydrogen-bond acceptors (Lipinski definition) is 2. The lowest BCUT2D eigenvalue weighted by Crippen LogP contribution is -2.55. The monoisotopic (exact) mass is 400 g/mol. The van der Waals surface area contributed by atoms with E-state index >= 15 is 0 Å². The topological polar surface area (TPSA) is 72.2 Å². The van der Waals surface area contributed by atoms with Gasteiger partial charge in [-0.3, -0.25) is 9.59 Å². The number of carbonyl (C=O) groups is 2. The maximum atomic E-state index is 14.1. The maximum Gasteiger partial charge on any atom is 0.240 e. The van der Waals surface area contributed by atoms with Crippen molar-refractivity contribution in [2.45, 2.75) is 31.7 Å². The minimum Gasteiger partial charge on any atom is -0.368 e. The number of nitrogens with two attached hydrogens (primary N) is 1. The van der Waals surface area contributed by atoms with E-state index in [4.69, 9.17) is 5.73 Å². The Bertz CT molecular complexity index is 875. The molecule has 0 saturated heterocycles. The molecule has 0 heterocycles. The molecule has 0 spiro atoms. The van der Waals surface area contributed by atoms with Crippen molar-refractivity contribution >= 4 is 11.8 Å². The molecular weight excluding hydrogens is 372 g/mol. The summed E-state index contributed by atoms with van der Waals surface area (Å²) in [5.74, 6) is -0.873. The second kappa shape index (κ2) is 9.40. The van der Waals surface area contributed by atoms with Gasteiger partial charge in [-0.15, -0.1) is 0 Å². The number of amides is 2. The third-order valence-corrected chi connectivity index (χ3v) is 5.77. The summed E-state index contributed by atoms with van der Waals surface area (Å²) in [6.45, 7) is 3.90. The van der Waals surface area contributed by atoms with Crippen molar-refractivity contribution in [3.05, 3.63) is 108 Å². The molecule has 0 aliphatic heterocycles. The molecule has 0 bridgehead atoms. The zero-order valence-electron chi connectivity index (χ0n) is 17.4. The lowest BCUT2D eigenvalue weighted by Gasteiger charge is -2.36. The first-order valence-electron chi connectivity index (χ1n) is 10.3. The van der Waals surface area contributed by atoms with Gasteiger partial charge < -0.3 is 11.1 Å². The van der Waals surface area contributed by atoms with Gasteiger partial charge in [-0.25, -0.2) is 0 Å². The van der Waals surface area contributed by atoms with Crippen molar-refractivity contribution in [1.29, 1.82) is 0 Å². The number of nitrogens with one attached hydrogen (secondary N) is 1. The van der Waals surface area contributed by atoms with Gasteiger partial charge in [0.15, 0.2) is 0 Å². The van der Waals surface area contributed by atoms with Crippen LogP contribution in [-0.2, 0) is 15.0 Å². The van der Waals surface area contributed by atoms with Crippen molar-refractivity contribution in [3.8, 4) is 0 Å². The first-order valence-corrected chi connectivity index (χ1v) is 10.3. The summed E-state index contributed by atoms with van der Waals surface area (Å²) in [5, 5.41) is 2.99. The average Bonchev–Trinajstić information content (AvgIpc) is 2.79. The molecule has 2 atom stereocenters. The van der Waals surface area contributed by atoms with Crippen molar-refractivity contribution < 1.29 is 9.59 Å². The van der Waals surface area contributed by atoms with Crippen LogP contribution in [0.1, 0.15) is 37.0 Å². The van der Waals surface area contributed by atoms with Crippen LogP contribution in [0.15, 0.2) is 91.0 Å².